The van der Waals surface area contributed by atoms with Gasteiger partial charge in [0.1, 0.15) is 0 Å². The summed E-state index contributed by atoms with van der Waals surface area (Å²) in [6.45, 7) is 8.07. The number of fused-ring (bicyclic) bond motifs is 3. The van der Waals surface area contributed by atoms with E-state index >= 15 is 4.39 Å². The number of pyridine rings is 1. The molecule has 2 aliphatic heterocycles. The molecule has 198 valence electrons. The molecule has 7 nitrogen and oxygen atoms in total. The molecule has 6 rings (SSSR count). The van der Waals surface area contributed by atoms with Gasteiger partial charge in [-0.3, -0.25) is 9.59 Å². The summed E-state index contributed by atoms with van der Waals surface area (Å²) in [7, 11) is 1.98. The highest BCUT2D eigenvalue weighted by Crippen LogP contribution is 2.59. The zero-order valence-corrected chi connectivity index (χ0v) is 22.3. The van der Waals surface area contributed by atoms with Crippen LogP contribution in [0.2, 0.25) is 0 Å². The molecule has 0 bridgehead atoms. The maximum atomic E-state index is 16.3. The Morgan fingerprint density at radius 1 is 1.11 bits per heavy atom. The summed E-state index contributed by atoms with van der Waals surface area (Å²) in [6.07, 6.45) is 5.50. The van der Waals surface area contributed by atoms with Gasteiger partial charge in [-0.05, 0) is 78.0 Å². The Balaban J connectivity index is 1.37. The fourth-order valence-electron chi connectivity index (χ4n) is 6.90. The summed E-state index contributed by atoms with van der Waals surface area (Å²) in [5.41, 5.74) is 3.08. The van der Waals surface area contributed by atoms with E-state index in [1.54, 1.807) is 4.90 Å². The lowest BCUT2D eigenvalue weighted by Gasteiger charge is -2.37. The first-order chi connectivity index (χ1) is 17.6. The number of halogens is 1. The van der Waals surface area contributed by atoms with Gasteiger partial charge in [0, 0.05) is 53.2 Å². The van der Waals surface area contributed by atoms with Crippen LogP contribution in [0.1, 0.15) is 83.8 Å². The van der Waals surface area contributed by atoms with Crippen LogP contribution in [0.4, 0.5) is 4.39 Å². The van der Waals surface area contributed by atoms with Crippen molar-refractivity contribution >= 4 is 5.91 Å². The summed E-state index contributed by atoms with van der Waals surface area (Å²) < 4.78 is 29.0. The zero-order chi connectivity index (χ0) is 26.3. The SMILES string of the molecule is CNC1CCC([C@@]2(C)Oc3c(C)c4c(c(F)c3O2)C2(CC2)CN(Cc2c(C)cc(C)[nH]c2=O)C4=O)CC1. The van der Waals surface area contributed by atoms with Crippen molar-refractivity contribution in [1.82, 2.24) is 15.2 Å². The highest BCUT2D eigenvalue weighted by molar-refractivity contribution is 6.00. The largest absolute Gasteiger partial charge is 0.448 e. The second-order valence-corrected chi connectivity index (χ2v) is 11.8. The normalized spacial score (nSPS) is 27.5. The smallest absolute Gasteiger partial charge is 0.255 e. The molecule has 1 aromatic carbocycles. The molecule has 2 N–H and O–H groups in total. The van der Waals surface area contributed by atoms with Crippen molar-refractivity contribution in [3.8, 4) is 11.5 Å². The number of benzene rings is 1. The first kappa shape index (κ1) is 24.5. The van der Waals surface area contributed by atoms with E-state index in [9.17, 15) is 9.59 Å². The van der Waals surface area contributed by atoms with E-state index < -0.39 is 17.0 Å². The number of nitrogens with zero attached hydrogens (tertiary/aromatic N) is 1. The fraction of sp³-hybridized carbons (Fsp3) is 0.586. The highest BCUT2D eigenvalue weighted by Gasteiger charge is 2.57. The number of amides is 1. The minimum atomic E-state index is -0.956. The molecule has 4 aliphatic rings. The van der Waals surface area contributed by atoms with Gasteiger partial charge in [-0.15, -0.1) is 0 Å². The lowest BCUT2D eigenvalue weighted by atomic mass is 9.81. The number of aryl methyl sites for hydroxylation is 2. The van der Waals surface area contributed by atoms with Crippen LogP contribution in [-0.4, -0.2) is 41.2 Å². The van der Waals surface area contributed by atoms with Gasteiger partial charge in [-0.1, -0.05) is 0 Å². The molecule has 1 amide bonds. The summed E-state index contributed by atoms with van der Waals surface area (Å²) in [6, 6.07) is 2.40. The predicted octanol–water partition coefficient (Wildman–Crippen LogP) is 4.39. The van der Waals surface area contributed by atoms with Crippen molar-refractivity contribution in [3.05, 3.63) is 55.7 Å². The van der Waals surface area contributed by atoms with Crippen LogP contribution < -0.4 is 20.3 Å². The summed E-state index contributed by atoms with van der Waals surface area (Å²) in [5, 5.41) is 3.35. The molecule has 0 saturated heterocycles. The Labute approximate surface area is 216 Å². The van der Waals surface area contributed by atoms with E-state index in [-0.39, 0.29) is 29.7 Å². The molecule has 2 saturated carbocycles. The number of aromatic nitrogens is 1. The zero-order valence-electron chi connectivity index (χ0n) is 22.3. The lowest BCUT2D eigenvalue weighted by Crippen LogP contribution is -2.46. The number of carbonyl (C=O) groups is 1. The predicted molar refractivity (Wildman–Crippen MR) is 138 cm³/mol. The molecule has 37 heavy (non-hydrogen) atoms. The Hall–Kier alpha value is -2.87. The number of nitrogens with one attached hydrogen (secondary N) is 2. The molecule has 1 atom stereocenters. The Kier molecular flexibility index (Phi) is 5.50. The summed E-state index contributed by atoms with van der Waals surface area (Å²) in [5.74, 6) is -1.00. The monoisotopic (exact) mass is 509 g/mol. The Morgan fingerprint density at radius 3 is 2.41 bits per heavy atom. The van der Waals surface area contributed by atoms with Gasteiger partial charge in [0.15, 0.2) is 11.6 Å². The van der Waals surface area contributed by atoms with Gasteiger partial charge >= 0.3 is 0 Å². The van der Waals surface area contributed by atoms with Crippen molar-refractivity contribution in [3.63, 3.8) is 0 Å². The summed E-state index contributed by atoms with van der Waals surface area (Å²) in [4.78, 5) is 31.1. The van der Waals surface area contributed by atoms with E-state index in [0.29, 0.717) is 40.6 Å². The second-order valence-electron chi connectivity index (χ2n) is 11.8. The van der Waals surface area contributed by atoms with Crippen molar-refractivity contribution in [1.29, 1.82) is 0 Å². The van der Waals surface area contributed by atoms with E-state index in [4.69, 9.17) is 9.47 Å². The third-order valence-electron chi connectivity index (χ3n) is 9.30. The second kappa shape index (κ2) is 8.32. The van der Waals surface area contributed by atoms with Gasteiger partial charge in [0.05, 0.1) is 12.1 Å². The number of hydrogen-bond donors (Lipinski definition) is 2. The molecule has 2 aromatic rings. The average Bonchev–Trinajstić information content (AvgIpc) is 3.53. The molecule has 1 aromatic heterocycles. The van der Waals surface area contributed by atoms with Crippen molar-refractivity contribution < 1.29 is 18.7 Å². The molecule has 0 unspecified atom stereocenters. The number of carbonyl (C=O) groups excluding carboxylic acids is 1. The van der Waals surface area contributed by atoms with Crippen LogP contribution in [0.15, 0.2) is 10.9 Å². The maximum absolute atomic E-state index is 16.3. The van der Waals surface area contributed by atoms with Crippen LogP contribution in [0.25, 0.3) is 0 Å². The van der Waals surface area contributed by atoms with Crippen LogP contribution in [0, 0.1) is 32.5 Å². The minimum absolute atomic E-state index is 0.138. The van der Waals surface area contributed by atoms with Gasteiger partial charge < -0.3 is 24.7 Å². The average molecular weight is 510 g/mol. The van der Waals surface area contributed by atoms with E-state index in [1.165, 1.54) is 0 Å². The Morgan fingerprint density at radius 2 is 1.78 bits per heavy atom. The molecule has 2 aliphatic carbocycles. The quantitative estimate of drug-likeness (QED) is 0.639. The molecule has 8 heteroatoms. The van der Waals surface area contributed by atoms with E-state index in [2.05, 4.69) is 10.3 Å². The van der Waals surface area contributed by atoms with Crippen LogP contribution in [0.3, 0.4) is 0 Å². The number of rotatable bonds is 4. The topological polar surface area (TPSA) is 83.7 Å². The van der Waals surface area contributed by atoms with Crippen LogP contribution in [-0.2, 0) is 12.0 Å². The molecular formula is C29H36FN3O4. The van der Waals surface area contributed by atoms with Gasteiger partial charge in [-0.2, -0.15) is 0 Å². The molecule has 0 radical (unpaired) electrons. The van der Waals surface area contributed by atoms with Gasteiger partial charge in [0.25, 0.3) is 17.3 Å². The van der Waals surface area contributed by atoms with Gasteiger partial charge in [-0.25, -0.2) is 4.39 Å². The number of hydrogen-bond acceptors (Lipinski definition) is 5. The molecular weight excluding hydrogens is 473 g/mol. The first-order valence-corrected chi connectivity index (χ1v) is 13.5. The number of H-pyrrole nitrogens is 1. The highest BCUT2D eigenvalue weighted by atomic mass is 19.1. The standard InChI is InChI=1S/C29H36FN3O4/c1-15-12-16(2)32-26(34)20(15)13-33-14-29(10-11-29)22-21(27(33)35)17(3)24-25(23(22)30)37-28(4,36-24)18-6-8-19(31-5)9-7-18/h12,18-19,31H,6-11,13-14H2,1-5H3,(H,32,34)/t18?,19?,28-/m0/s1. The first-order valence-electron chi connectivity index (χ1n) is 13.5. The molecule has 2 fully saturated rings. The number of aromatic amines is 1. The third-order valence-corrected chi connectivity index (χ3v) is 9.30. The van der Waals surface area contributed by atoms with Crippen LogP contribution in [0.5, 0.6) is 11.5 Å². The fourth-order valence-corrected chi connectivity index (χ4v) is 6.90. The number of ether oxygens (including phenoxy) is 2. The minimum Gasteiger partial charge on any atom is -0.448 e. The lowest BCUT2D eigenvalue weighted by molar-refractivity contribution is -0.122. The van der Waals surface area contributed by atoms with E-state index in [1.807, 2.05) is 40.8 Å². The molecule has 1 spiro atoms. The van der Waals surface area contributed by atoms with E-state index in [0.717, 1.165) is 49.8 Å². The molecule has 3 heterocycles. The van der Waals surface area contributed by atoms with Crippen LogP contribution >= 0.6 is 0 Å². The van der Waals surface area contributed by atoms with Crippen molar-refractivity contribution in [2.75, 3.05) is 13.6 Å². The van der Waals surface area contributed by atoms with Crippen molar-refractivity contribution in [2.45, 2.75) is 90.0 Å². The maximum Gasteiger partial charge on any atom is 0.255 e. The summed E-state index contributed by atoms with van der Waals surface area (Å²) >= 11 is 0. The Bertz CT molecular complexity index is 1360. The van der Waals surface area contributed by atoms with Crippen molar-refractivity contribution in [2.24, 2.45) is 5.92 Å². The third kappa shape index (κ3) is 3.70. The van der Waals surface area contributed by atoms with Gasteiger partial charge in [0.2, 0.25) is 5.75 Å².